The summed E-state index contributed by atoms with van der Waals surface area (Å²) in [4.78, 5) is 17.8. The molecule has 2 heterocycles. The molecule has 0 aliphatic carbocycles. The Hall–Kier alpha value is -1.62. The average Bonchev–Trinajstić information content (AvgIpc) is 2.36. The number of likely N-dealkylation sites (tertiary alicyclic amines) is 1. The second kappa shape index (κ2) is 5.57. The van der Waals surface area contributed by atoms with Crippen molar-refractivity contribution in [2.24, 2.45) is 0 Å². The monoisotopic (exact) mass is 264 g/mol. The van der Waals surface area contributed by atoms with Gasteiger partial charge in [0.15, 0.2) is 0 Å². The van der Waals surface area contributed by atoms with Gasteiger partial charge in [-0.1, -0.05) is 0 Å². The van der Waals surface area contributed by atoms with Crippen LogP contribution in [0.25, 0.3) is 0 Å². The minimum absolute atomic E-state index is 0.346. The van der Waals surface area contributed by atoms with Crippen molar-refractivity contribution in [1.82, 2.24) is 9.88 Å². The van der Waals surface area contributed by atoms with E-state index >= 15 is 0 Å². The molecule has 1 fully saturated rings. The largest absolute Gasteiger partial charge is 0.453 e. The quantitative estimate of drug-likeness (QED) is 0.842. The number of aryl methyl sites for hydroxylation is 2. The van der Waals surface area contributed by atoms with Crippen LogP contribution >= 0.6 is 0 Å². The first-order valence-corrected chi connectivity index (χ1v) is 6.50. The predicted octanol–water partition coefficient (Wildman–Crippen LogP) is 1.96. The Kier molecular flexibility index (Phi) is 4.04. The number of carbonyl (C=O) groups is 1. The average molecular weight is 264 g/mol. The van der Waals surface area contributed by atoms with Crippen molar-refractivity contribution < 1.29 is 14.6 Å². The number of piperidine rings is 1. The number of aliphatic hydroxyl groups is 1. The zero-order chi connectivity index (χ0) is 14.0. The molecule has 1 amide bonds. The summed E-state index contributed by atoms with van der Waals surface area (Å²) in [5.74, 6) is 0. The molecule has 1 N–H and O–H groups in total. The van der Waals surface area contributed by atoms with Gasteiger partial charge in [0.25, 0.3) is 0 Å². The number of hydrogen-bond donors (Lipinski definition) is 1. The summed E-state index contributed by atoms with van der Waals surface area (Å²) < 4.78 is 4.81. The summed E-state index contributed by atoms with van der Waals surface area (Å²) in [5.41, 5.74) is 2.69. The zero-order valence-electron chi connectivity index (χ0n) is 11.6. The Morgan fingerprint density at radius 2 is 2.05 bits per heavy atom. The first-order valence-electron chi connectivity index (χ1n) is 6.50. The molecule has 5 heteroatoms. The Balaban J connectivity index is 2.38. The van der Waals surface area contributed by atoms with Crippen LogP contribution in [0.1, 0.15) is 35.8 Å². The number of carbonyl (C=O) groups excluding carboxylic acids is 1. The van der Waals surface area contributed by atoms with Gasteiger partial charge in [0, 0.05) is 17.9 Å². The molecule has 2 atom stereocenters. The van der Waals surface area contributed by atoms with Gasteiger partial charge in [-0.05, 0) is 44.4 Å². The SMILES string of the molecule is COC(=O)N1CCC[C@H](O)C1c1cc(C)nc(C)c1. The summed E-state index contributed by atoms with van der Waals surface area (Å²) in [6, 6.07) is 3.49. The fourth-order valence-electron chi connectivity index (χ4n) is 2.74. The lowest BCUT2D eigenvalue weighted by Gasteiger charge is -2.38. The van der Waals surface area contributed by atoms with Crippen LogP contribution in [0.2, 0.25) is 0 Å². The summed E-state index contributed by atoms with van der Waals surface area (Å²) in [6.07, 6.45) is 0.527. The maximum absolute atomic E-state index is 11.8. The van der Waals surface area contributed by atoms with E-state index < -0.39 is 12.2 Å². The third-order valence-corrected chi connectivity index (χ3v) is 3.45. The van der Waals surface area contributed by atoms with E-state index in [1.807, 2.05) is 26.0 Å². The fraction of sp³-hybridized carbons (Fsp3) is 0.571. The molecule has 1 unspecified atom stereocenters. The van der Waals surface area contributed by atoms with Crippen LogP contribution in [0.15, 0.2) is 12.1 Å². The minimum Gasteiger partial charge on any atom is -0.453 e. The lowest BCUT2D eigenvalue weighted by atomic mass is 9.92. The Morgan fingerprint density at radius 1 is 1.42 bits per heavy atom. The molecule has 0 spiro atoms. The highest BCUT2D eigenvalue weighted by molar-refractivity contribution is 5.68. The summed E-state index contributed by atoms with van der Waals surface area (Å²) >= 11 is 0. The molecule has 0 saturated carbocycles. The maximum atomic E-state index is 11.8. The van der Waals surface area contributed by atoms with E-state index in [0.29, 0.717) is 13.0 Å². The van der Waals surface area contributed by atoms with Gasteiger partial charge in [-0.15, -0.1) is 0 Å². The van der Waals surface area contributed by atoms with Crippen molar-refractivity contribution in [3.8, 4) is 0 Å². The van der Waals surface area contributed by atoms with Gasteiger partial charge in [-0.2, -0.15) is 0 Å². The van der Waals surface area contributed by atoms with Crippen LogP contribution in [-0.2, 0) is 4.74 Å². The molecule has 1 saturated heterocycles. The molecular weight excluding hydrogens is 244 g/mol. The minimum atomic E-state index is -0.561. The number of amides is 1. The van der Waals surface area contributed by atoms with E-state index in [9.17, 15) is 9.90 Å². The number of ether oxygens (including phenoxy) is 1. The normalized spacial score (nSPS) is 23.3. The highest BCUT2D eigenvalue weighted by Crippen LogP contribution is 2.32. The van der Waals surface area contributed by atoms with E-state index in [1.165, 1.54) is 7.11 Å². The molecule has 19 heavy (non-hydrogen) atoms. The second-order valence-electron chi connectivity index (χ2n) is 5.00. The van der Waals surface area contributed by atoms with Gasteiger partial charge in [0.05, 0.1) is 19.3 Å². The van der Waals surface area contributed by atoms with Gasteiger partial charge in [0.2, 0.25) is 0 Å². The Labute approximate surface area is 113 Å². The summed E-state index contributed by atoms with van der Waals surface area (Å²) in [6.45, 7) is 4.43. The number of hydrogen-bond acceptors (Lipinski definition) is 4. The highest BCUT2D eigenvalue weighted by atomic mass is 16.5. The lowest BCUT2D eigenvalue weighted by Crippen LogP contribution is -2.45. The first-order chi connectivity index (χ1) is 9.02. The van der Waals surface area contributed by atoms with E-state index in [1.54, 1.807) is 4.90 Å². The molecular formula is C14H20N2O3. The molecule has 2 rings (SSSR count). The third-order valence-electron chi connectivity index (χ3n) is 3.45. The van der Waals surface area contributed by atoms with Gasteiger partial charge in [0.1, 0.15) is 0 Å². The molecule has 0 aromatic carbocycles. The third kappa shape index (κ3) is 2.87. The number of nitrogens with zero attached hydrogens (tertiary/aromatic N) is 2. The van der Waals surface area contributed by atoms with Crippen LogP contribution in [0, 0.1) is 13.8 Å². The van der Waals surface area contributed by atoms with Gasteiger partial charge in [-0.3, -0.25) is 9.88 Å². The molecule has 0 radical (unpaired) electrons. The zero-order valence-corrected chi connectivity index (χ0v) is 11.6. The van der Waals surface area contributed by atoms with Crippen LogP contribution in [0.5, 0.6) is 0 Å². The van der Waals surface area contributed by atoms with Crippen molar-refractivity contribution in [2.45, 2.75) is 38.8 Å². The van der Waals surface area contributed by atoms with Gasteiger partial charge < -0.3 is 9.84 Å². The lowest BCUT2D eigenvalue weighted by molar-refractivity contribution is 0.00984. The van der Waals surface area contributed by atoms with E-state index in [0.717, 1.165) is 23.4 Å². The molecule has 104 valence electrons. The van der Waals surface area contributed by atoms with Crippen molar-refractivity contribution >= 4 is 6.09 Å². The first kappa shape index (κ1) is 13.8. The van der Waals surface area contributed by atoms with Crippen LogP contribution in [0.3, 0.4) is 0 Å². The predicted molar refractivity (Wildman–Crippen MR) is 70.8 cm³/mol. The second-order valence-corrected chi connectivity index (χ2v) is 5.00. The van der Waals surface area contributed by atoms with Crippen LogP contribution in [0.4, 0.5) is 4.79 Å². The number of aliphatic hydroxyl groups excluding tert-OH is 1. The summed E-state index contributed by atoms with van der Waals surface area (Å²) in [7, 11) is 1.36. The molecule has 5 nitrogen and oxygen atoms in total. The van der Waals surface area contributed by atoms with Crippen molar-refractivity contribution in [2.75, 3.05) is 13.7 Å². The maximum Gasteiger partial charge on any atom is 0.410 e. The topological polar surface area (TPSA) is 62.7 Å². The number of methoxy groups -OCH3 is 1. The van der Waals surface area contributed by atoms with Crippen LogP contribution in [-0.4, -0.2) is 40.8 Å². The van der Waals surface area contributed by atoms with E-state index in [4.69, 9.17) is 4.74 Å². The van der Waals surface area contributed by atoms with Crippen molar-refractivity contribution in [1.29, 1.82) is 0 Å². The van der Waals surface area contributed by atoms with Crippen molar-refractivity contribution in [3.63, 3.8) is 0 Å². The van der Waals surface area contributed by atoms with Crippen LogP contribution < -0.4 is 0 Å². The highest BCUT2D eigenvalue weighted by Gasteiger charge is 2.35. The number of rotatable bonds is 1. The standard InChI is InChI=1S/C14H20N2O3/c1-9-7-11(8-10(2)15-9)13-12(17)5-4-6-16(13)14(18)19-3/h7-8,12-13,17H,4-6H2,1-3H3/t12-,13?/m0/s1. The number of pyridine rings is 1. The van der Waals surface area contributed by atoms with Gasteiger partial charge in [-0.25, -0.2) is 4.79 Å². The Morgan fingerprint density at radius 3 is 2.63 bits per heavy atom. The molecule has 1 aliphatic rings. The summed E-state index contributed by atoms with van der Waals surface area (Å²) in [5, 5.41) is 10.2. The Bertz CT molecular complexity index is 456. The van der Waals surface area contributed by atoms with Crippen molar-refractivity contribution in [3.05, 3.63) is 29.1 Å². The van der Waals surface area contributed by atoms with E-state index in [2.05, 4.69) is 4.98 Å². The van der Waals surface area contributed by atoms with Gasteiger partial charge >= 0.3 is 6.09 Å². The molecule has 0 bridgehead atoms. The smallest absolute Gasteiger partial charge is 0.410 e. The van der Waals surface area contributed by atoms with E-state index in [-0.39, 0.29) is 6.04 Å². The number of aromatic nitrogens is 1. The fourth-order valence-corrected chi connectivity index (χ4v) is 2.74. The molecule has 1 aromatic heterocycles. The molecule has 1 aromatic rings. The molecule has 1 aliphatic heterocycles.